The van der Waals surface area contributed by atoms with Crippen molar-refractivity contribution in [3.63, 3.8) is 0 Å². The molecular weight excluding hydrogens is 275 g/mol. The minimum atomic E-state index is -1.19. The molecule has 2 atom stereocenters. The van der Waals surface area contributed by atoms with E-state index in [0.29, 0.717) is 19.4 Å². The maximum absolute atomic E-state index is 10.2. The summed E-state index contributed by atoms with van der Waals surface area (Å²) in [6.07, 6.45) is 0.170. The quantitative estimate of drug-likeness (QED) is 0.476. The minimum Gasteiger partial charge on any atom is -0.450 e. The summed E-state index contributed by atoms with van der Waals surface area (Å²) < 4.78 is 10.9. The van der Waals surface area contributed by atoms with Crippen molar-refractivity contribution >= 4 is 28.7 Å². The predicted molar refractivity (Wildman–Crippen MR) is 50.8 cm³/mol. The lowest BCUT2D eigenvalue weighted by atomic mass is 10.1. The van der Waals surface area contributed by atoms with E-state index >= 15 is 0 Å². The van der Waals surface area contributed by atoms with Gasteiger partial charge in [0.05, 0.1) is 12.7 Å². The highest BCUT2D eigenvalue weighted by Crippen LogP contribution is 2.18. The summed E-state index contributed by atoms with van der Waals surface area (Å²) >= 11 is 2.22. The molecule has 4 nitrogen and oxygen atoms in total. The number of halogens is 1. The van der Waals surface area contributed by atoms with E-state index in [1.165, 1.54) is 0 Å². The summed E-state index contributed by atoms with van der Waals surface area (Å²) in [5.74, 6) is 0. The maximum atomic E-state index is 10.2. The molecule has 1 saturated heterocycles. The molecule has 1 rings (SSSR count). The molecule has 0 aromatic carbocycles. The van der Waals surface area contributed by atoms with Gasteiger partial charge in [-0.15, -0.1) is 0 Å². The van der Waals surface area contributed by atoms with Gasteiger partial charge in [0.15, 0.2) is 0 Å². The number of hydrogen-bond acceptors (Lipinski definition) is 3. The van der Waals surface area contributed by atoms with Crippen LogP contribution < -0.4 is 0 Å². The second-order valence-corrected chi connectivity index (χ2v) is 3.56. The van der Waals surface area contributed by atoms with E-state index in [1.54, 1.807) is 0 Å². The van der Waals surface area contributed by atoms with Gasteiger partial charge < -0.3 is 14.6 Å². The van der Waals surface area contributed by atoms with Gasteiger partial charge in [0.1, 0.15) is 6.10 Å². The largest absolute Gasteiger partial charge is 0.506 e. The first-order valence-corrected chi connectivity index (χ1v) is 5.32. The minimum absolute atomic E-state index is 0.156. The van der Waals surface area contributed by atoms with Crippen LogP contribution >= 0.6 is 22.6 Å². The topological polar surface area (TPSA) is 55.8 Å². The van der Waals surface area contributed by atoms with E-state index in [0.717, 1.165) is 4.43 Å². The molecule has 0 aromatic heterocycles. The maximum Gasteiger partial charge on any atom is 0.506 e. The standard InChI is InChI=1S/C7H11IO4/c8-4-6-3-5(1-2-11-6)12-7(9)10/h5-6H,1-4H2,(H,9,10). The van der Waals surface area contributed by atoms with Crippen molar-refractivity contribution < 1.29 is 19.4 Å². The molecule has 5 heteroatoms. The first-order chi connectivity index (χ1) is 5.72. The Hall–Kier alpha value is -0.0400. The van der Waals surface area contributed by atoms with Crippen LogP contribution in [0.3, 0.4) is 0 Å². The number of carboxylic acid groups (broad SMARTS) is 1. The lowest BCUT2D eigenvalue weighted by Gasteiger charge is -2.27. The van der Waals surface area contributed by atoms with Gasteiger partial charge in [0.25, 0.3) is 0 Å². The number of rotatable bonds is 2. The van der Waals surface area contributed by atoms with Crippen LogP contribution in [-0.4, -0.2) is 34.5 Å². The molecule has 0 aromatic rings. The number of alkyl halides is 1. The zero-order valence-electron chi connectivity index (χ0n) is 6.53. The van der Waals surface area contributed by atoms with Gasteiger partial charge in [-0.25, -0.2) is 4.79 Å². The lowest BCUT2D eigenvalue weighted by molar-refractivity contribution is -0.0476. The highest BCUT2D eigenvalue weighted by atomic mass is 127. The molecule has 0 aliphatic carbocycles. The fourth-order valence-corrected chi connectivity index (χ4v) is 1.82. The Morgan fingerprint density at radius 2 is 2.50 bits per heavy atom. The third kappa shape index (κ3) is 3.14. The SMILES string of the molecule is O=C(O)OC1CCOC(CI)C1. The van der Waals surface area contributed by atoms with Crippen molar-refractivity contribution in [1.29, 1.82) is 0 Å². The second kappa shape index (κ2) is 4.86. The van der Waals surface area contributed by atoms with E-state index in [4.69, 9.17) is 9.84 Å². The van der Waals surface area contributed by atoms with Gasteiger partial charge >= 0.3 is 6.16 Å². The lowest BCUT2D eigenvalue weighted by Crippen LogP contribution is -2.32. The summed E-state index contributed by atoms with van der Waals surface area (Å²) in [7, 11) is 0. The van der Waals surface area contributed by atoms with Gasteiger partial charge in [-0.05, 0) is 0 Å². The molecule has 0 amide bonds. The molecule has 1 aliphatic rings. The van der Waals surface area contributed by atoms with Gasteiger partial charge in [0, 0.05) is 17.3 Å². The van der Waals surface area contributed by atoms with E-state index in [1.807, 2.05) is 0 Å². The summed E-state index contributed by atoms with van der Waals surface area (Å²) in [5.41, 5.74) is 0. The van der Waals surface area contributed by atoms with Crippen molar-refractivity contribution in [3.8, 4) is 0 Å². The number of ether oxygens (including phenoxy) is 2. The number of hydrogen-bond donors (Lipinski definition) is 1. The predicted octanol–water partition coefficient (Wildman–Crippen LogP) is 1.66. The van der Waals surface area contributed by atoms with Crippen molar-refractivity contribution in [2.45, 2.75) is 25.0 Å². The molecule has 1 N–H and O–H groups in total. The van der Waals surface area contributed by atoms with Crippen LogP contribution in [-0.2, 0) is 9.47 Å². The Morgan fingerprint density at radius 3 is 3.08 bits per heavy atom. The summed E-state index contributed by atoms with van der Waals surface area (Å²) in [6.45, 7) is 0.603. The molecule has 0 spiro atoms. The average molecular weight is 286 g/mol. The average Bonchev–Trinajstić information content (AvgIpc) is 2.03. The van der Waals surface area contributed by atoms with E-state index in [-0.39, 0.29) is 12.2 Å². The highest BCUT2D eigenvalue weighted by Gasteiger charge is 2.24. The summed E-state index contributed by atoms with van der Waals surface area (Å²) in [4.78, 5) is 10.2. The zero-order chi connectivity index (χ0) is 8.97. The number of carbonyl (C=O) groups is 1. The Bertz CT molecular complexity index is 161. The molecule has 1 heterocycles. The smallest absolute Gasteiger partial charge is 0.450 e. The molecule has 2 unspecified atom stereocenters. The van der Waals surface area contributed by atoms with Crippen LogP contribution in [0.5, 0.6) is 0 Å². The molecule has 0 saturated carbocycles. The Labute approximate surface area is 84.4 Å². The van der Waals surface area contributed by atoms with Crippen LogP contribution in [0.2, 0.25) is 0 Å². The van der Waals surface area contributed by atoms with Crippen molar-refractivity contribution in [3.05, 3.63) is 0 Å². The van der Waals surface area contributed by atoms with Crippen molar-refractivity contribution in [2.75, 3.05) is 11.0 Å². The Morgan fingerprint density at radius 1 is 1.75 bits per heavy atom. The van der Waals surface area contributed by atoms with Crippen LogP contribution in [0.1, 0.15) is 12.8 Å². The molecule has 0 radical (unpaired) electrons. The molecule has 1 aliphatic heterocycles. The van der Waals surface area contributed by atoms with Crippen LogP contribution in [0.25, 0.3) is 0 Å². The van der Waals surface area contributed by atoms with Crippen LogP contribution in [0.4, 0.5) is 4.79 Å². The van der Waals surface area contributed by atoms with E-state index in [9.17, 15) is 4.79 Å². The van der Waals surface area contributed by atoms with Crippen LogP contribution in [0, 0.1) is 0 Å². The molecule has 0 bridgehead atoms. The monoisotopic (exact) mass is 286 g/mol. The molecule has 70 valence electrons. The highest BCUT2D eigenvalue weighted by molar-refractivity contribution is 14.1. The van der Waals surface area contributed by atoms with Crippen LogP contribution in [0.15, 0.2) is 0 Å². The van der Waals surface area contributed by atoms with Crippen molar-refractivity contribution in [2.24, 2.45) is 0 Å². The summed E-state index contributed by atoms with van der Waals surface area (Å²) in [6, 6.07) is 0. The first-order valence-electron chi connectivity index (χ1n) is 3.79. The second-order valence-electron chi connectivity index (χ2n) is 2.68. The fourth-order valence-electron chi connectivity index (χ4n) is 1.20. The Kier molecular flexibility index (Phi) is 4.07. The molecule has 1 fully saturated rings. The van der Waals surface area contributed by atoms with Gasteiger partial charge in [0.2, 0.25) is 0 Å². The first kappa shape index (κ1) is 10.0. The molecular formula is C7H11IO4. The summed E-state index contributed by atoms with van der Waals surface area (Å²) in [5, 5.41) is 8.36. The zero-order valence-corrected chi connectivity index (χ0v) is 8.69. The van der Waals surface area contributed by atoms with Gasteiger partial charge in [-0.2, -0.15) is 0 Å². The Balaban J connectivity index is 2.30. The van der Waals surface area contributed by atoms with Gasteiger partial charge in [-0.3, -0.25) is 0 Å². The fraction of sp³-hybridized carbons (Fsp3) is 0.857. The van der Waals surface area contributed by atoms with Crippen molar-refractivity contribution in [1.82, 2.24) is 0 Å². The third-order valence-corrected chi connectivity index (χ3v) is 2.74. The normalized spacial score (nSPS) is 29.8. The van der Waals surface area contributed by atoms with E-state index < -0.39 is 6.16 Å². The third-order valence-electron chi connectivity index (χ3n) is 1.76. The van der Waals surface area contributed by atoms with Gasteiger partial charge in [-0.1, -0.05) is 22.6 Å². The molecule has 12 heavy (non-hydrogen) atoms. The van der Waals surface area contributed by atoms with E-state index in [2.05, 4.69) is 27.3 Å².